The van der Waals surface area contributed by atoms with Crippen molar-refractivity contribution in [2.75, 3.05) is 0 Å². The first-order chi connectivity index (χ1) is 6.19. The van der Waals surface area contributed by atoms with Crippen molar-refractivity contribution in [3.63, 3.8) is 0 Å². The summed E-state index contributed by atoms with van der Waals surface area (Å²) in [7, 11) is 0. The molecule has 0 radical (unpaired) electrons. The van der Waals surface area contributed by atoms with Gasteiger partial charge in [0.25, 0.3) is 0 Å². The van der Waals surface area contributed by atoms with Gasteiger partial charge in [0.1, 0.15) is 0 Å². The monoisotopic (exact) mass is 201 g/mol. The Morgan fingerprint density at radius 3 is 1.50 bits per heavy atom. The molecule has 0 fully saturated rings. The maximum Gasteiger partial charge on any atom is 0.408 e. The lowest BCUT2D eigenvalue weighted by atomic mass is 9.90. The highest BCUT2D eigenvalue weighted by Crippen LogP contribution is 2.29. The predicted molar refractivity (Wildman–Crippen MR) is 58.6 cm³/mol. The first kappa shape index (κ1) is 13.3. The van der Waals surface area contributed by atoms with E-state index < -0.39 is 6.09 Å². The van der Waals surface area contributed by atoms with Crippen molar-refractivity contribution in [2.24, 2.45) is 0 Å². The lowest BCUT2D eigenvalue weighted by molar-refractivity contribution is 0.0212. The van der Waals surface area contributed by atoms with E-state index in [4.69, 9.17) is 0 Å². The van der Waals surface area contributed by atoms with Crippen molar-refractivity contribution in [1.82, 2.24) is 4.90 Å². The standard InChI is InChI=1S/C11H23NO2/c1-7-10(3,4)12(9(13)14)11(5,6)8-2/h7-8H2,1-6H3,(H,13,14). The third kappa shape index (κ3) is 2.63. The summed E-state index contributed by atoms with van der Waals surface area (Å²) in [5.74, 6) is 0. The van der Waals surface area contributed by atoms with Crippen LogP contribution in [0.2, 0.25) is 0 Å². The zero-order chi connectivity index (χ0) is 11.6. The first-order valence-electron chi connectivity index (χ1n) is 5.22. The average molecular weight is 201 g/mol. The van der Waals surface area contributed by atoms with Crippen molar-refractivity contribution in [1.29, 1.82) is 0 Å². The second kappa shape index (κ2) is 4.20. The van der Waals surface area contributed by atoms with Crippen molar-refractivity contribution < 1.29 is 9.90 Å². The number of hydrogen-bond acceptors (Lipinski definition) is 1. The fourth-order valence-electron chi connectivity index (χ4n) is 1.65. The summed E-state index contributed by atoms with van der Waals surface area (Å²) >= 11 is 0. The number of nitrogens with zero attached hydrogens (tertiary/aromatic N) is 1. The van der Waals surface area contributed by atoms with Crippen LogP contribution in [0, 0.1) is 0 Å². The van der Waals surface area contributed by atoms with Crippen LogP contribution < -0.4 is 0 Å². The minimum absolute atomic E-state index is 0.300. The van der Waals surface area contributed by atoms with E-state index in [9.17, 15) is 9.90 Å². The Bertz CT molecular complexity index is 193. The van der Waals surface area contributed by atoms with Gasteiger partial charge in [0.2, 0.25) is 0 Å². The molecule has 84 valence electrons. The van der Waals surface area contributed by atoms with Crippen LogP contribution in [-0.4, -0.2) is 27.2 Å². The van der Waals surface area contributed by atoms with Gasteiger partial charge < -0.3 is 5.11 Å². The molecule has 0 rings (SSSR count). The van der Waals surface area contributed by atoms with Gasteiger partial charge in [0, 0.05) is 11.1 Å². The summed E-state index contributed by atoms with van der Waals surface area (Å²) in [6.45, 7) is 11.9. The summed E-state index contributed by atoms with van der Waals surface area (Å²) in [6.07, 6.45) is 0.814. The Hall–Kier alpha value is -0.730. The summed E-state index contributed by atoms with van der Waals surface area (Å²) < 4.78 is 0. The van der Waals surface area contributed by atoms with Crippen LogP contribution >= 0.6 is 0 Å². The highest BCUT2D eigenvalue weighted by atomic mass is 16.4. The minimum Gasteiger partial charge on any atom is -0.465 e. The first-order valence-corrected chi connectivity index (χ1v) is 5.22. The molecule has 0 aliphatic heterocycles. The van der Waals surface area contributed by atoms with E-state index in [2.05, 4.69) is 0 Å². The van der Waals surface area contributed by atoms with Crippen LogP contribution in [0.15, 0.2) is 0 Å². The normalized spacial score (nSPS) is 12.7. The van der Waals surface area contributed by atoms with Gasteiger partial charge in [-0.25, -0.2) is 4.79 Å². The van der Waals surface area contributed by atoms with Crippen LogP contribution in [-0.2, 0) is 0 Å². The molecular formula is C11H23NO2. The van der Waals surface area contributed by atoms with E-state index in [1.807, 2.05) is 41.5 Å². The Balaban J connectivity index is 5.06. The largest absolute Gasteiger partial charge is 0.465 e. The van der Waals surface area contributed by atoms with E-state index in [1.54, 1.807) is 4.90 Å². The Kier molecular flexibility index (Phi) is 3.98. The van der Waals surface area contributed by atoms with E-state index in [0.29, 0.717) is 0 Å². The number of carboxylic acid groups (broad SMARTS) is 1. The van der Waals surface area contributed by atoms with Gasteiger partial charge >= 0.3 is 6.09 Å². The second-order valence-electron chi connectivity index (χ2n) is 4.95. The van der Waals surface area contributed by atoms with Crippen LogP contribution in [0.1, 0.15) is 54.4 Å². The molecule has 0 aliphatic carbocycles. The van der Waals surface area contributed by atoms with E-state index in [-0.39, 0.29) is 11.1 Å². The van der Waals surface area contributed by atoms with E-state index >= 15 is 0 Å². The molecule has 0 saturated heterocycles. The van der Waals surface area contributed by atoms with Crippen molar-refractivity contribution in [2.45, 2.75) is 65.5 Å². The van der Waals surface area contributed by atoms with Crippen molar-refractivity contribution in [3.05, 3.63) is 0 Å². The topological polar surface area (TPSA) is 40.5 Å². The molecule has 1 amide bonds. The Labute approximate surface area is 87.1 Å². The van der Waals surface area contributed by atoms with Gasteiger partial charge in [-0.05, 0) is 40.5 Å². The SMILES string of the molecule is CCC(C)(C)N(C(=O)O)C(C)(C)CC. The number of rotatable bonds is 4. The third-order valence-corrected chi connectivity index (χ3v) is 3.13. The van der Waals surface area contributed by atoms with E-state index in [1.165, 1.54) is 0 Å². The third-order valence-electron chi connectivity index (χ3n) is 3.13. The number of carbonyl (C=O) groups is 1. The maximum atomic E-state index is 11.2. The van der Waals surface area contributed by atoms with Gasteiger partial charge in [0.05, 0.1) is 0 Å². The summed E-state index contributed by atoms with van der Waals surface area (Å²) in [5.41, 5.74) is -0.601. The fourth-order valence-corrected chi connectivity index (χ4v) is 1.65. The molecule has 0 spiro atoms. The molecule has 3 nitrogen and oxygen atoms in total. The number of hydrogen-bond donors (Lipinski definition) is 1. The molecule has 14 heavy (non-hydrogen) atoms. The smallest absolute Gasteiger partial charge is 0.408 e. The molecule has 0 atom stereocenters. The lowest BCUT2D eigenvalue weighted by Crippen LogP contribution is -2.57. The van der Waals surface area contributed by atoms with Crippen LogP contribution in [0.3, 0.4) is 0 Å². The maximum absolute atomic E-state index is 11.2. The molecule has 0 aromatic heterocycles. The lowest BCUT2D eigenvalue weighted by Gasteiger charge is -2.46. The van der Waals surface area contributed by atoms with Gasteiger partial charge in [0.15, 0.2) is 0 Å². The molecule has 0 unspecified atom stereocenters. The molecule has 0 aliphatic rings. The molecule has 0 heterocycles. The number of amides is 1. The van der Waals surface area contributed by atoms with Gasteiger partial charge in [-0.2, -0.15) is 0 Å². The molecule has 0 saturated carbocycles. The Morgan fingerprint density at radius 2 is 1.36 bits per heavy atom. The minimum atomic E-state index is -0.830. The van der Waals surface area contributed by atoms with Gasteiger partial charge in [-0.1, -0.05) is 13.8 Å². The van der Waals surface area contributed by atoms with Crippen LogP contribution in [0.5, 0.6) is 0 Å². The molecule has 0 bridgehead atoms. The molecule has 0 aromatic carbocycles. The molecule has 0 aromatic rings. The van der Waals surface area contributed by atoms with E-state index in [0.717, 1.165) is 12.8 Å². The Morgan fingerprint density at radius 1 is 1.07 bits per heavy atom. The molecule has 3 heteroatoms. The highest BCUT2D eigenvalue weighted by Gasteiger charge is 2.39. The summed E-state index contributed by atoms with van der Waals surface area (Å²) in [5, 5.41) is 9.23. The second-order valence-corrected chi connectivity index (χ2v) is 4.95. The van der Waals surface area contributed by atoms with Gasteiger partial charge in [-0.15, -0.1) is 0 Å². The highest BCUT2D eigenvalue weighted by molar-refractivity contribution is 5.67. The summed E-state index contributed by atoms with van der Waals surface area (Å²) in [4.78, 5) is 12.8. The average Bonchev–Trinajstić information content (AvgIpc) is 2.02. The summed E-state index contributed by atoms with van der Waals surface area (Å²) in [6, 6.07) is 0. The van der Waals surface area contributed by atoms with Gasteiger partial charge in [-0.3, -0.25) is 4.90 Å². The fraction of sp³-hybridized carbons (Fsp3) is 0.909. The van der Waals surface area contributed by atoms with Crippen molar-refractivity contribution >= 4 is 6.09 Å². The molecule has 1 N–H and O–H groups in total. The zero-order valence-corrected chi connectivity index (χ0v) is 10.2. The predicted octanol–water partition coefficient (Wildman–Crippen LogP) is 3.34. The van der Waals surface area contributed by atoms with Crippen LogP contribution in [0.25, 0.3) is 0 Å². The van der Waals surface area contributed by atoms with Crippen LogP contribution in [0.4, 0.5) is 4.79 Å². The van der Waals surface area contributed by atoms with Crippen molar-refractivity contribution in [3.8, 4) is 0 Å². The zero-order valence-electron chi connectivity index (χ0n) is 10.2. The molecular weight excluding hydrogens is 178 g/mol. The quantitative estimate of drug-likeness (QED) is 0.757.